The fraction of sp³-hybridized carbons (Fsp3) is 0.179. The van der Waals surface area contributed by atoms with Gasteiger partial charge in [-0.3, -0.25) is 4.79 Å². The molecular weight excluding hydrogens is 446 g/mol. The number of nitrogens with one attached hydrogen (secondary N) is 1. The summed E-state index contributed by atoms with van der Waals surface area (Å²) < 4.78 is 16.5. The van der Waals surface area contributed by atoms with Gasteiger partial charge in [0.25, 0.3) is 5.91 Å². The number of thiophene rings is 1. The largest absolute Gasteiger partial charge is 0.493 e. The Labute approximate surface area is 203 Å². The van der Waals surface area contributed by atoms with Crippen molar-refractivity contribution in [3.8, 4) is 27.7 Å². The molecule has 0 aliphatic carbocycles. The van der Waals surface area contributed by atoms with E-state index in [1.165, 1.54) is 16.9 Å². The Hall–Kier alpha value is -3.77. The summed E-state index contributed by atoms with van der Waals surface area (Å²) >= 11 is 1.41. The first kappa shape index (κ1) is 23.4. The molecule has 4 aromatic rings. The number of amides is 1. The molecule has 1 atom stereocenters. The van der Waals surface area contributed by atoms with Gasteiger partial charge >= 0.3 is 0 Å². The van der Waals surface area contributed by atoms with Crippen LogP contribution in [0.5, 0.6) is 17.2 Å². The number of hydrogen-bond donors (Lipinski definition) is 1. The van der Waals surface area contributed by atoms with Crippen LogP contribution in [-0.4, -0.2) is 27.2 Å². The fourth-order valence-electron chi connectivity index (χ4n) is 3.92. The summed E-state index contributed by atoms with van der Waals surface area (Å²) in [6.07, 6.45) is 0.707. The minimum absolute atomic E-state index is 0.111. The maximum Gasteiger partial charge on any atom is 0.261 e. The molecule has 0 spiro atoms. The quantitative estimate of drug-likeness (QED) is 0.317. The van der Waals surface area contributed by atoms with Crippen LogP contribution in [-0.2, 0) is 6.42 Å². The fourth-order valence-corrected chi connectivity index (χ4v) is 4.85. The average molecular weight is 474 g/mol. The summed E-state index contributed by atoms with van der Waals surface area (Å²) in [7, 11) is 4.76. The maximum atomic E-state index is 13.3. The van der Waals surface area contributed by atoms with Crippen LogP contribution in [0.4, 0.5) is 0 Å². The molecule has 34 heavy (non-hydrogen) atoms. The summed E-state index contributed by atoms with van der Waals surface area (Å²) in [6, 6.07) is 27.6. The predicted molar refractivity (Wildman–Crippen MR) is 136 cm³/mol. The SMILES string of the molecule is COc1ccc(-c2ccc(C(=O)N[C@H](Cc3ccccc3)c3ccccc3)s2)c(OC)c1OC. The first-order valence-electron chi connectivity index (χ1n) is 10.9. The Morgan fingerprint density at radius 3 is 2.12 bits per heavy atom. The number of hydrogen-bond acceptors (Lipinski definition) is 5. The van der Waals surface area contributed by atoms with Gasteiger partial charge in [0, 0.05) is 10.4 Å². The molecule has 3 aromatic carbocycles. The van der Waals surface area contributed by atoms with E-state index in [0.29, 0.717) is 28.5 Å². The van der Waals surface area contributed by atoms with E-state index in [0.717, 1.165) is 16.0 Å². The molecule has 0 aliphatic rings. The summed E-state index contributed by atoms with van der Waals surface area (Å²) in [6.45, 7) is 0. The van der Waals surface area contributed by atoms with Crippen LogP contribution in [0.3, 0.4) is 0 Å². The molecule has 4 rings (SSSR count). The minimum atomic E-state index is -0.141. The van der Waals surface area contributed by atoms with Gasteiger partial charge in [-0.25, -0.2) is 0 Å². The molecule has 174 valence electrons. The van der Waals surface area contributed by atoms with Crippen molar-refractivity contribution in [2.45, 2.75) is 12.5 Å². The standard InChI is InChI=1S/C28H27NO4S/c1-31-23-15-14-21(26(32-2)27(23)33-3)24-16-17-25(34-24)28(30)29-22(20-12-8-5-9-13-20)18-19-10-6-4-7-11-19/h4-17,22H,18H2,1-3H3,(H,29,30)/t22-/m1/s1. The molecule has 1 aromatic heterocycles. The van der Waals surface area contributed by atoms with Crippen LogP contribution in [0.1, 0.15) is 26.8 Å². The third kappa shape index (κ3) is 5.07. The predicted octanol–water partition coefficient (Wildman–Crippen LogP) is 6.15. The highest BCUT2D eigenvalue weighted by Crippen LogP contribution is 2.45. The summed E-state index contributed by atoms with van der Waals surface area (Å²) in [4.78, 5) is 14.8. The van der Waals surface area contributed by atoms with E-state index in [1.807, 2.05) is 72.8 Å². The minimum Gasteiger partial charge on any atom is -0.493 e. The van der Waals surface area contributed by atoms with Crippen LogP contribution in [0.2, 0.25) is 0 Å². The smallest absolute Gasteiger partial charge is 0.261 e. The zero-order valence-corrected chi connectivity index (χ0v) is 20.2. The number of carbonyl (C=O) groups is 1. The van der Waals surface area contributed by atoms with Crippen molar-refractivity contribution >= 4 is 17.2 Å². The molecule has 1 N–H and O–H groups in total. The lowest BCUT2D eigenvalue weighted by atomic mass is 9.99. The highest BCUT2D eigenvalue weighted by Gasteiger charge is 2.21. The van der Waals surface area contributed by atoms with Gasteiger partial charge in [-0.1, -0.05) is 60.7 Å². The van der Waals surface area contributed by atoms with Crippen LogP contribution in [0.25, 0.3) is 10.4 Å². The molecular formula is C28H27NO4S. The molecule has 1 amide bonds. The lowest BCUT2D eigenvalue weighted by Crippen LogP contribution is -2.29. The molecule has 5 nitrogen and oxygen atoms in total. The van der Waals surface area contributed by atoms with Crippen molar-refractivity contribution < 1.29 is 19.0 Å². The van der Waals surface area contributed by atoms with Crippen molar-refractivity contribution in [3.05, 3.63) is 101 Å². The molecule has 0 radical (unpaired) electrons. The number of benzene rings is 3. The molecule has 0 saturated carbocycles. The van der Waals surface area contributed by atoms with Gasteiger partial charge in [-0.15, -0.1) is 11.3 Å². The lowest BCUT2D eigenvalue weighted by Gasteiger charge is -2.19. The Morgan fingerprint density at radius 1 is 0.794 bits per heavy atom. The van der Waals surface area contributed by atoms with Crippen LogP contribution in [0, 0.1) is 0 Å². The Bertz CT molecular complexity index is 1240. The highest BCUT2D eigenvalue weighted by molar-refractivity contribution is 7.17. The second-order valence-electron chi connectivity index (χ2n) is 7.67. The second-order valence-corrected chi connectivity index (χ2v) is 8.76. The summed E-state index contributed by atoms with van der Waals surface area (Å²) in [5, 5.41) is 3.23. The van der Waals surface area contributed by atoms with Gasteiger partial charge in [0.05, 0.1) is 32.2 Å². The third-order valence-electron chi connectivity index (χ3n) is 5.59. The monoisotopic (exact) mass is 473 g/mol. The average Bonchev–Trinajstić information content (AvgIpc) is 3.38. The third-order valence-corrected chi connectivity index (χ3v) is 6.71. The van der Waals surface area contributed by atoms with Crippen LogP contribution < -0.4 is 19.5 Å². The zero-order chi connectivity index (χ0) is 23.9. The maximum absolute atomic E-state index is 13.3. The van der Waals surface area contributed by atoms with Gasteiger partial charge < -0.3 is 19.5 Å². The van der Waals surface area contributed by atoms with E-state index in [-0.39, 0.29) is 11.9 Å². The van der Waals surface area contributed by atoms with E-state index in [1.54, 1.807) is 21.3 Å². The van der Waals surface area contributed by atoms with Crippen molar-refractivity contribution in [1.29, 1.82) is 0 Å². The van der Waals surface area contributed by atoms with Crippen molar-refractivity contribution in [2.75, 3.05) is 21.3 Å². The number of ether oxygens (including phenoxy) is 3. The lowest BCUT2D eigenvalue weighted by molar-refractivity contribution is 0.0940. The van der Waals surface area contributed by atoms with Crippen molar-refractivity contribution in [3.63, 3.8) is 0 Å². The molecule has 0 unspecified atom stereocenters. The highest BCUT2D eigenvalue weighted by atomic mass is 32.1. The summed E-state index contributed by atoms with van der Waals surface area (Å²) in [5.74, 6) is 1.57. The number of carbonyl (C=O) groups excluding carboxylic acids is 1. The Balaban J connectivity index is 1.60. The first-order valence-corrected chi connectivity index (χ1v) is 11.7. The number of methoxy groups -OCH3 is 3. The van der Waals surface area contributed by atoms with Gasteiger partial charge in [-0.2, -0.15) is 0 Å². The van der Waals surface area contributed by atoms with Gasteiger partial charge in [0.2, 0.25) is 5.75 Å². The molecule has 6 heteroatoms. The van der Waals surface area contributed by atoms with E-state index < -0.39 is 0 Å². The van der Waals surface area contributed by atoms with E-state index in [2.05, 4.69) is 17.4 Å². The van der Waals surface area contributed by atoms with Crippen LogP contribution >= 0.6 is 11.3 Å². The summed E-state index contributed by atoms with van der Waals surface area (Å²) in [5.41, 5.74) is 3.07. The topological polar surface area (TPSA) is 56.8 Å². The van der Waals surface area contributed by atoms with E-state index in [9.17, 15) is 4.79 Å². The van der Waals surface area contributed by atoms with Gasteiger partial charge in [0.1, 0.15) is 0 Å². The zero-order valence-electron chi connectivity index (χ0n) is 19.4. The first-order chi connectivity index (χ1) is 16.6. The molecule has 0 aliphatic heterocycles. The molecule has 0 fully saturated rings. The van der Waals surface area contributed by atoms with Crippen LogP contribution in [0.15, 0.2) is 84.9 Å². The molecule has 0 saturated heterocycles. The van der Waals surface area contributed by atoms with E-state index >= 15 is 0 Å². The molecule has 1 heterocycles. The Kier molecular flexibility index (Phi) is 7.50. The normalized spacial score (nSPS) is 11.5. The van der Waals surface area contributed by atoms with Gasteiger partial charge in [-0.05, 0) is 41.8 Å². The molecule has 0 bridgehead atoms. The van der Waals surface area contributed by atoms with E-state index in [4.69, 9.17) is 14.2 Å². The Morgan fingerprint density at radius 2 is 1.47 bits per heavy atom. The second kappa shape index (κ2) is 10.9. The van der Waals surface area contributed by atoms with Crippen molar-refractivity contribution in [2.24, 2.45) is 0 Å². The van der Waals surface area contributed by atoms with Crippen molar-refractivity contribution in [1.82, 2.24) is 5.32 Å². The number of rotatable bonds is 9. The van der Waals surface area contributed by atoms with Gasteiger partial charge in [0.15, 0.2) is 11.5 Å².